The summed E-state index contributed by atoms with van der Waals surface area (Å²) in [6.45, 7) is 3.30. The van der Waals surface area contributed by atoms with Gasteiger partial charge in [0.1, 0.15) is 11.3 Å². The third-order valence-electron chi connectivity index (χ3n) is 2.70. The predicted octanol–water partition coefficient (Wildman–Crippen LogP) is 1.19. The largest absolute Gasteiger partial charge is 0.361 e. The molecule has 0 fully saturated rings. The molecule has 0 spiro atoms. The molecule has 3 N–H and O–H groups in total. The zero-order valence-electron chi connectivity index (χ0n) is 10.9. The first kappa shape index (κ1) is 14.2. The van der Waals surface area contributed by atoms with Gasteiger partial charge in [-0.25, -0.2) is 13.6 Å². The van der Waals surface area contributed by atoms with Crippen LogP contribution in [0.15, 0.2) is 33.7 Å². The van der Waals surface area contributed by atoms with E-state index in [-0.39, 0.29) is 10.8 Å². The maximum absolute atomic E-state index is 12.0. The van der Waals surface area contributed by atoms with Crippen LogP contribution >= 0.6 is 0 Å². The molecule has 2 aromatic rings. The highest BCUT2D eigenvalue weighted by molar-refractivity contribution is 7.89. The molecule has 106 valence electrons. The maximum Gasteiger partial charge on any atom is 0.261 e. The second-order valence-corrected chi connectivity index (χ2v) is 5.78. The minimum Gasteiger partial charge on any atom is -0.361 e. The molecular formula is C12H13N3O4S. The molecule has 1 heterocycles. The molecule has 0 aliphatic carbocycles. The highest BCUT2D eigenvalue weighted by Gasteiger charge is 2.17. The van der Waals surface area contributed by atoms with Crippen molar-refractivity contribution >= 4 is 21.6 Å². The van der Waals surface area contributed by atoms with Gasteiger partial charge in [-0.05, 0) is 38.1 Å². The van der Waals surface area contributed by atoms with Crippen LogP contribution in [-0.2, 0) is 10.0 Å². The van der Waals surface area contributed by atoms with E-state index in [1.165, 1.54) is 24.3 Å². The van der Waals surface area contributed by atoms with Crippen molar-refractivity contribution in [3.63, 3.8) is 0 Å². The Kier molecular flexibility index (Phi) is 3.60. The second kappa shape index (κ2) is 5.06. The number of hydrogen-bond donors (Lipinski definition) is 2. The van der Waals surface area contributed by atoms with Gasteiger partial charge in [-0.15, -0.1) is 0 Å². The first-order valence-electron chi connectivity index (χ1n) is 5.66. The number of aryl methyl sites for hydroxylation is 2. The van der Waals surface area contributed by atoms with Crippen molar-refractivity contribution < 1.29 is 17.7 Å². The summed E-state index contributed by atoms with van der Waals surface area (Å²) in [5, 5.41) is 11.3. The normalized spacial score (nSPS) is 11.3. The predicted molar refractivity (Wildman–Crippen MR) is 71.7 cm³/mol. The standard InChI is InChI=1S/C12H13N3O4S/c1-7-11(8(2)19-15-7)12(16)14-9-3-5-10(6-4-9)20(13,17)18/h3-6H,1-2H3,(H,14,16)(H2,13,17,18). The van der Waals surface area contributed by atoms with Gasteiger partial charge in [-0.3, -0.25) is 4.79 Å². The molecule has 0 radical (unpaired) electrons. The zero-order valence-corrected chi connectivity index (χ0v) is 11.7. The minimum atomic E-state index is -3.74. The topological polar surface area (TPSA) is 115 Å². The Morgan fingerprint density at radius 1 is 1.25 bits per heavy atom. The van der Waals surface area contributed by atoms with Gasteiger partial charge in [0.05, 0.1) is 10.6 Å². The van der Waals surface area contributed by atoms with Crippen LogP contribution in [0.2, 0.25) is 0 Å². The fraction of sp³-hybridized carbons (Fsp3) is 0.167. The molecule has 1 aromatic carbocycles. The number of carbonyl (C=O) groups is 1. The van der Waals surface area contributed by atoms with Gasteiger partial charge < -0.3 is 9.84 Å². The fourth-order valence-electron chi connectivity index (χ4n) is 1.73. The summed E-state index contributed by atoms with van der Waals surface area (Å²) in [6.07, 6.45) is 0. The number of anilines is 1. The Balaban J connectivity index is 2.21. The van der Waals surface area contributed by atoms with Crippen molar-refractivity contribution in [3.05, 3.63) is 41.3 Å². The monoisotopic (exact) mass is 295 g/mol. The van der Waals surface area contributed by atoms with Crippen LogP contribution in [0, 0.1) is 13.8 Å². The Morgan fingerprint density at radius 3 is 2.30 bits per heavy atom. The number of amides is 1. The number of aromatic nitrogens is 1. The van der Waals surface area contributed by atoms with Crippen molar-refractivity contribution in [1.29, 1.82) is 0 Å². The highest BCUT2D eigenvalue weighted by Crippen LogP contribution is 2.17. The van der Waals surface area contributed by atoms with Gasteiger partial charge >= 0.3 is 0 Å². The summed E-state index contributed by atoms with van der Waals surface area (Å²) >= 11 is 0. The number of sulfonamides is 1. The third kappa shape index (κ3) is 2.86. The van der Waals surface area contributed by atoms with E-state index < -0.39 is 10.0 Å². The molecule has 2 rings (SSSR count). The smallest absolute Gasteiger partial charge is 0.261 e. The quantitative estimate of drug-likeness (QED) is 0.882. The van der Waals surface area contributed by atoms with Crippen LogP contribution in [0.1, 0.15) is 21.8 Å². The van der Waals surface area contributed by atoms with Gasteiger partial charge in [-0.2, -0.15) is 0 Å². The van der Waals surface area contributed by atoms with E-state index in [2.05, 4.69) is 10.5 Å². The summed E-state index contributed by atoms with van der Waals surface area (Å²) in [5.41, 5.74) is 1.30. The molecule has 7 nitrogen and oxygen atoms in total. The number of benzene rings is 1. The lowest BCUT2D eigenvalue weighted by Crippen LogP contribution is -2.14. The molecule has 8 heteroatoms. The van der Waals surface area contributed by atoms with Crippen molar-refractivity contribution in [2.75, 3.05) is 5.32 Å². The van der Waals surface area contributed by atoms with Crippen molar-refractivity contribution in [2.24, 2.45) is 5.14 Å². The summed E-state index contributed by atoms with van der Waals surface area (Å²) < 4.78 is 27.1. The molecule has 20 heavy (non-hydrogen) atoms. The van der Waals surface area contributed by atoms with Gasteiger partial charge in [0, 0.05) is 5.69 Å². The Bertz CT molecular complexity index is 728. The Hall–Kier alpha value is -2.19. The van der Waals surface area contributed by atoms with E-state index in [1.807, 2.05) is 0 Å². The number of hydrogen-bond acceptors (Lipinski definition) is 5. The van der Waals surface area contributed by atoms with Crippen LogP contribution < -0.4 is 10.5 Å². The van der Waals surface area contributed by atoms with Crippen LogP contribution in [0.3, 0.4) is 0 Å². The summed E-state index contributed by atoms with van der Waals surface area (Å²) in [4.78, 5) is 12.0. The molecule has 1 aromatic heterocycles. The zero-order chi connectivity index (χ0) is 14.9. The van der Waals surface area contributed by atoms with E-state index in [0.717, 1.165) is 0 Å². The molecule has 0 aliphatic rings. The van der Waals surface area contributed by atoms with Gasteiger partial charge in [0.15, 0.2) is 0 Å². The summed E-state index contributed by atoms with van der Waals surface area (Å²) in [7, 11) is -3.74. The fourth-order valence-corrected chi connectivity index (χ4v) is 2.24. The lowest BCUT2D eigenvalue weighted by Gasteiger charge is -2.05. The molecule has 0 unspecified atom stereocenters. The molecule has 1 amide bonds. The summed E-state index contributed by atoms with van der Waals surface area (Å²) in [5.74, 6) is 0.0470. The average Bonchev–Trinajstić information content (AvgIpc) is 2.68. The highest BCUT2D eigenvalue weighted by atomic mass is 32.2. The number of carbonyl (C=O) groups excluding carboxylic acids is 1. The number of nitrogens with zero attached hydrogens (tertiary/aromatic N) is 1. The average molecular weight is 295 g/mol. The van der Waals surface area contributed by atoms with Crippen LogP contribution in [0.5, 0.6) is 0 Å². The number of rotatable bonds is 3. The lowest BCUT2D eigenvalue weighted by molar-refractivity contribution is 0.102. The molecule has 0 atom stereocenters. The third-order valence-corrected chi connectivity index (χ3v) is 3.63. The number of primary sulfonamides is 1. The minimum absolute atomic E-state index is 0.0205. The van der Waals surface area contributed by atoms with E-state index in [1.54, 1.807) is 13.8 Å². The second-order valence-electron chi connectivity index (χ2n) is 4.22. The van der Waals surface area contributed by atoms with E-state index >= 15 is 0 Å². The van der Waals surface area contributed by atoms with Gasteiger partial charge in [-0.1, -0.05) is 5.16 Å². The van der Waals surface area contributed by atoms with Crippen molar-refractivity contribution in [2.45, 2.75) is 18.7 Å². The lowest BCUT2D eigenvalue weighted by atomic mass is 10.2. The van der Waals surface area contributed by atoms with Gasteiger partial charge in [0.2, 0.25) is 10.0 Å². The van der Waals surface area contributed by atoms with E-state index in [9.17, 15) is 13.2 Å². The van der Waals surface area contributed by atoms with E-state index in [0.29, 0.717) is 22.7 Å². The molecule has 0 bridgehead atoms. The first-order valence-corrected chi connectivity index (χ1v) is 7.21. The Morgan fingerprint density at radius 2 is 1.85 bits per heavy atom. The van der Waals surface area contributed by atoms with Crippen LogP contribution in [0.4, 0.5) is 5.69 Å². The Labute approximate surface area is 115 Å². The summed E-state index contributed by atoms with van der Waals surface area (Å²) in [6, 6.07) is 5.54. The van der Waals surface area contributed by atoms with Crippen LogP contribution in [-0.4, -0.2) is 19.5 Å². The maximum atomic E-state index is 12.0. The molecular weight excluding hydrogens is 282 g/mol. The van der Waals surface area contributed by atoms with E-state index in [4.69, 9.17) is 9.66 Å². The van der Waals surface area contributed by atoms with Crippen molar-refractivity contribution in [3.8, 4) is 0 Å². The number of nitrogens with one attached hydrogen (secondary N) is 1. The van der Waals surface area contributed by atoms with Crippen LogP contribution in [0.25, 0.3) is 0 Å². The van der Waals surface area contributed by atoms with Gasteiger partial charge in [0.25, 0.3) is 5.91 Å². The molecule has 0 saturated carbocycles. The SMILES string of the molecule is Cc1noc(C)c1C(=O)Nc1ccc(S(N)(=O)=O)cc1. The number of nitrogens with two attached hydrogens (primary N) is 1. The first-order chi connectivity index (χ1) is 9.29. The molecule has 0 saturated heterocycles. The van der Waals surface area contributed by atoms with Crippen molar-refractivity contribution in [1.82, 2.24) is 5.16 Å². The molecule has 0 aliphatic heterocycles.